The van der Waals surface area contributed by atoms with Gasteiger partial charge in [-0.15, -0.1) is 0 Å². The second-order valence-electron chi connectivity index (χ2n) is 6.68. The Morgan fingerprint density at radius 3 is 2.40 bits per heavy atom. The highest BCUT2D eigenvalue weighted by molar-refractivity contribution is 5.77. The van der Waals surface area contributed by atoms with Crippen molar-refractivity contribution in [2.24, 2.45) is 0 Å². The lowest BCUT2D eigenvalue weighted by Crippen LogP contribution is -2.17. The Hall–Kier alpha value is -2.85. The van der Waals surface area contributed by atoms with Crippen molar-refractivity contribution in [3.8, 4) is 11.1 Å². The van der Waals surface area contributed by atoms with Crippen LogP contribution in [0.3, 0.4) is 0 Å². The monoisotopic (exact) mass is 333 g/mol. The van der Waals surface area contributed by atoms with E-state index >= 15 is 0 Å². The molecule has 25 heavy (non-hydrogen) atoms. The molecule has 0 unspecified atom stereocenters. The van der Waals surface area contributed by atoms with Gasteiger partial charge in [0.25, 0.3) is 0 Å². The smallest absolute Gasteiger partial charge is 0.0841 e. The molecule has 3 rings (SSSR count). The second-order valence-corrected chi connectivity index (χ2v) is 6.68. The first-order chi connectivity index (χ1) is 11.9. The van der Waals surface area contributed by atoms with Crippen LogP contribution < -0.4 is 10.6 Å². The lowest BCUT2D eigenvalue weighted by atomic mass is 9.97. The summed E-state index contributed by atoms with van der Waals surface area (Å²) in [6.45, 7) is 3.51. The van der Waals surface area contributed by atoms with Crippen molar-refractivity contribution in [3.63, 3.8) is 0 Å². The summed E-state index contributed by atoms with van der Waals surface area (Å²) in [5, 5.41) is 10.1. The minimum atomic E-state index is -0.911. The number of hydrogen-bond donors (Lipinski definition) is 2. The number of aliphatic hydroxyl groups is 1. The Labute approximate surface area is 148 Å². The van der Waals surface area contributed by atoms with E-state index in [4.69, 9.17) is 5.73 Å². The van der Waals surface area contributed by atoms with Crippen LogP contribution in [0, 0.1) is 0 Å². The van der Waals surface area contributed by atoms with Crippen LogP contribution in [0.15, 0.2) is 67.0 Å². The van der Waals surface area contributed by atoms with E-state index < -0.39 is 5.60 Å². The summed E-state index contributed by atoms with van der Waals surface area (Å²) in [5.41, 5.74) is 10.9. The van der Waals surface area contributed by atoms with E-state index in [2.05, 4.69) is 17.1 Å². The van der Waals surface area contributed by atoms with Crippen LogP contribution >= 0.6 is 0 Å². The summed E-state index contributed by atoms with van der Waals surface area (Å²) in [6.07, 6.45) is 3.62. The SMILES string of the molecule is CN(c1cccc(-c2cccnc2)c1)c1ccc(C(C)(C)O)cc1N. The van der Waals surface area contributed by atoms with Gasteiger partial charge in [-0.05, 0) is 55.3 Å². The average Bonchev–Trinajstić information content (AvgIpc) is 2.61. The van der Waals surface area contributed by atoms with Crippen molar-refractivity contribution < 1.29 is 5.11 Å². The van der Waals surface area contributed by atoms with Crippen molar-refractivity contribution >= 4 is 17.1 Å². The molecule has 0 atom stereocenters. The van der Waals surface area contributed by atoms with E-state index in [1.54, 1.807) is 20.0 Å². The van der Waals surface area contributed by atoms with Gasteiger partial charge in [-0.1, -0.05) is 24.3 Å². The molecule has 0 fully saturated rings. The standard InChI is InChI=1S/C21H23N3O/c1-21(2,25)17-9-10-20(19(22)13-17)24(3)18-8-4-6-15(12-18)16-7-5-11-23-14-16/h4-14,25H,22H2,1-3H3. The fraction of sp³-hybridized carbons (Fsp3) is 0.190. The van der Waals surface area contributed by atoms with Crippen LogP contribution in [0.2, 0.25) is 0 Å². The maximum absolute atomic E-state index is 10.1. The predicted octanol–water partition coefficient (Wildman–Crippen LogP) is 4.33. The van der Waals surface area contributed by atoms with E-state index in [1.807, 2.05) is 60.6 Å². The molecule has 0 saturated heterocycles. The molecular formula is C21H23N3O. The number of hydrogen-bond acceptors (Lipinski definition) is 4. The maximum Gasteiger partial charge on any atom is 0.0841 e. The Morgan fingerprint density at radius 2 is 1.76 bits per heavy atom. The van der Waals surface area contributed by atoms with Gasteiger partial charge in [0.2, 0.25) is 0 Å². The normalized spacial score (nSPS) is 11.4. The molecule has 1 heterocycles. The molecule has 3 aromatic rings. The Bertz CT molecular complexity index is 870. The van der Waals surface area contributed by atoms with Gasteiger partial charge in [0.05, 0.1) is 17.0 Å². The average molecular weight is 333 g/mol. The predicted molar refractivity (Wildman–Crippen MR) is 104 cm³/mol. The first-order valence-electron chi connectivity index (χ1n) is 8.23. The van der Waals surface area contributed by atoms with E-state index in [9.17, 15) is 5.11 Å². The van der Waals surface area contributed by atoms with Gasteiger partial charge in [-0.25, -0.2) is 0 Å². The number of nitrogens with zero attached hydrogens (tertiary/aromatic N) is 2. The molecule has 3 N–H and O–H groups in total. The molecule has 1 aromatic heterocycles. The summed E-state index contributed by atoms with van der Waals surface area (Å²) in [6, 6.07) is 17.9. The molecular weight excluding hydrogens is 310 g/mol. The lowest BCUT2D eigenvalue weighted by Gasteiger charge is -2.24. The molecule has 0 spiro atoms. The zero-order valence-corrected chi connectivity index (χ0v) is 14.8. The minimum absolute atomic E-state index is 0.633. The zero-order valence-electron chi connectivity index (χ0n) is 14.8. The van der Waals surface area contributed by atoms with Crippen LogP contribution in [-0.4, -0.2) is 17.1 Å². The van der Waals surface area contributed by atoms with Gasteiger partial charge < -0.3 is 15.7 Å². The number of pyridine rings is 1. The highest BCUT2D eigenvalue weighted by atomic mass is 16.3. The van der Waals surface area contributed by atoms with Crippen LogP contribution in [0.25, 0.3) is 11.1 Å². The number of aromatic nitrogens is 1. The minimum Gasteiger partial charge on any atom is -0.397 e. The molecule has 4 nitrogen and oxygen atoms in total. The largest absolute Gasteiger partial charge is 0.397 e. The van der Waals surface area contributed by atoms with Crippen LogP contribution in [0.5, 0.6) is 0 Å². The fourth-order valence-corrected chi connectivity index (χ4v) is 2.81. The molecule has 4 heteroatoms. The number of anilines is 3. The third kappa shape index (κ3) is 3.64. The summed E-state index contributed by atoms with van der Waals surface area (Å²) in [4.78, 5) is 6.23. The van der Waals surface area contributed by atoms with E-state index in [0.29, 0.717) is 5.69 Å². The first kappa shape index (κ1) is 17.0. The van der Waals surface area contributed by atoms with Crippen LogP contribution in [0.4, 0.5) is 17.1 Å². The topological polar surface area (TPSA) is 62.4 Å². The maximum atomic E-state index is 10.1. The van der Waals surface area contributed by atoms with Gasteiger partial charge in [-0.2, -0.15) is 0 Å². The zero-order chi connectivity index (χ0) is 18.0. The van der Waals surface area contributed by atoms with Crippen molar-refractivity contribution in [2.45, 2.75) is 19.4 Å². The second kappa shape index (κ2) is 6.57. The van der Waals surface area contributed by atoms with Crippen LogP contribution in [-0.2, 0) is 5.60 Å². The Morgan fingerprint density at radius 1 is 1.00 bits per heavy atom. The Balaban J connectivity index is 1.95. The van der Waals surface area contributed by atoms with Crippen molar-refractivity contribution in [2.75, 3.05) is 17.7 Å². The quantitative estimate of drug-likeness (QED) is 0.698. The number of benzene rings is 2. The molecule has 0 bridgehead atoms. The van der Waals surface area contributed by atoms with E-state index in [1.165, 1.54) is 0 Å². The van der Waals surface area contributed by atoms with Gasteiger partial charge in [0.1, 0.15) is 0 Å². The summed E-state index contributed by atoms with van der Waals surface area (Å²) in [5.74, 6) is 0. The molecule has 0 radical (unpaired) electrons. The van der Waals surface area contributed by atoms with E-state index in [-0.39, 0.29) is 0 Å². The molecule has 2 aromatic carbocycles. The molecule has 0 saturated carbocycles. The summed E-state index contributed by atoms with van der Waals surface area (Å²) >= 11 is 0. The lowest BCUT2D eigenvalue weighted by molar-refractivity contribution is 0.0787. The number of nitrogen functional groups attached to an aromatic ring is 1. The molecule has 0 amide bonds. The number of rotatable bonds is 4. The van der Waals surface area contributed by atoms with Gasteiger partial charge in [-0.3, -0.25) is 4.98 Å². The highest BCUT2D eigenvalue weighted by Crippen LogP contribution is 2.34. The van der Waals surface area contributed by atoms with E-state index in [0.717, 1.165) is 28.1 Å². The van der Waals surface area contributed by atoms with Gasteiger partial charge in [0.15, 0.2) is 0 Å². The first-order valence-corrected chi connectivity index (χ1v) is 8.23. The number of nitrogens with two attached hydrogens (primary N) is 1. The van der Waals surface area contributed by atoms with Crippen molar-refractivity contribution in [1.82, 2.24) is 4.98 Å². The van der Waals surface area contributed by atoms with Crippen molar-refractivity contribution in [1.29, 1.82) is 0 Å². The third-order valence-electron chi connectivity index (χ3n) is 4.32. The fourth-order valence-electron chi connectivity index (χ4n) is 2.81. The Kier molecular flexibility index (Phi) is 4.47. The molecule has 0 aliphatic heterocycles. The van der Waals surface area contributed by atoms with Crippen molar-refractivity contribution in [3.05, 3.63) is 72.6 Å². The summed E-state index contributed by atoms with van der Waals surface area (Å²) in [7, 11) is 1.98. The third-order valence-corrected chi connectivity index (χ3v) is 4.32. The molecule has 128 valence electrons. The van der Waals surface area contributed by atoms with Gasteiger partial charge in [0, 0.05) is 30.7 Å². The molecule has 0 aliphatic rings. The van der Waals surface area contributed by atoms with Gasteiger partial charge >= 0.3 is 0 Å². The van der Waals surface area contributed by atoms with Crippen LogP contribution in [0.1, 0.15) is 19.4 Å². The summed E-state index contributed by atoms with van der Waals surface area (Å²) < 4.78 is 0. The highest BCUT2D eigenvalue weighted by Gasteiger charge is 2.18. The molecule has 0 aliphatic carbocycles.